The maximum absolute atomic E-state index is 11.1. The summed E-state index contributed by atoms with van der Waals surface area (Å²) in [7, 11) is 0. The predicted molar refractivity (Wildman–Crippen MR) is 63.7 cm³/mol. The fraction of sp³-hybridized carbons (Fsp3) is 0.333. The van der Waals surface area contributed by atoms with E-state index in [0.29, 0.717) is 11.4 Å². The second-order valence-electron chi connectivity index (χ2n) is 3.89. The van der Waals surface area contributed by atoms with Crippen LogP contribution < -0.4 is 5.32 Å². The number of hydrogen-bond donors (Lipinski definition) is 1. The molecule has 1 saturated heterocycles. The SMILES string of the molecule is O=CNC1CC(=O)OC1OCc1ccc(Cl)cc1. The minimum absolute atomic E-state index is 0.129. The number of ether oxygens (including phenoxy) is 2. The van der Waals surface area contributed by atoms with Crippen LogP contribution >= 0.6 is 11.6 Å². The van der Waals surface area contributed by atoms with Gasteiger partial charge in [0.2, 0.25) is 12.7 Å². The van der Waals surface area contributed by atoms with Gasteiger partial charge in [-0.1, -0.05) is 23.7 Å². The van der Waals surface area contributed by atoms with E-state index in [2.05, 4.69) is 5.32 Å². The fourth-order valence-corrected chi connectivity index (χ4v) is 1.80. The van der Waals surface area contributed by atoms with Crippen molar-refractivity contribution in [2.24, 2.45) is 0 Å². The normalized spacial score (nSPS) is 22.6. The third-order valence-corrected chi connectivity index (χ3v) is 2.82. The van der Waals surface area contributed by atoms with Crippen molar-refractivity contribution in [2.75, 3.05) is 0 Å². The minimum Gasteiger partial charge on any atom is -0.433 e. The predicted octanol–water partition coefficient (Wildman–Crippen LogP) is 1.24. The number of carbonyl (C=O) groups excluding carboxylic acids is 2. The Morgan fingerprint density at radius 3 is 2.83 bits per heavy atom. The van der Waals surface area contributed by atoms with Gasteiger partial charge in [0.1, 0.15) is 6.04 Å². The highest BCUT2D eigenvalue weighted by molar-refractivity contribution is 6.30. The molecule has 1 fully saturated rings. The van der Waals surface area contributed by atoms with Crippen LogP contribution in [0, 0.1) is 0 Å². The summed E-state index contributed by atoms with van der Waals surface area (Å²) in [4.78, 5) is 21.5. The zero-order valence-corrected chi connectivity index (χ0v) is 10.2. The summed E-state index contributed by atoms with van der Waals surface area (Å²) in [5.41, 5.74) is 0.909. The van der Waals surface area contributed by atoms with Gasteiger partial charge in [-0.05, 0) is 17.7 Å². The first-order valence-corrected chi connectivity index (χ1v) is 5.82. The molecule has 6 heteroatoms. The summed E-state index contributed by atoms with van der Waals surface area (Å²) >= 11 is 5.76. The summed E-state index contributed by atoms with van der Waals surface area (Å²) in [6.45, 7) is 0.284. The number of benzene rings is 1. The molecule has 2 unspecified atom stereocenters. The van der Waals surface area contributed by atoms with E-state index in [9.17, 15) is 9.59 Å². The van der Waals surface area contributed by atoms with Crippen molar-refractivity contribution in [1.29, 1.82) is 0 Å². The molecule has 2 atom stereocenters. The first-order chi connectivity index (χ1) is 8.69. The van der Waals surface area contributed by atoms with Crippen molar-refractivity contribution < 1.29 is 19.1 Å². The van der Waals surface area contributed by atoms with Crippen molar-refractivity contribution in [3.8, 4) is 0 Å². The van der Waals surface area contributed by atoms with E-state index in [1.807, 2.05) is 12.1 Å². The molecule has 0 saturated carbocycles. The van der Waals surface area contributed by atoms with E-state index in [1.54, 1.807) is 12.1 Å². The summed E-state index contributed by atoms with van der Waals surface area (Å²) in [5, 5.41) is 3.14. The first-order valence-electron chi connectivity index (χ1n) is 5.44. The number of esters is 1. The van der Waals surface area contributed by atoms with Gasteiger partial charge in [-0.15, -0.1) is 0 Å². The quantitative estimate of drug-likeness (QED) is 0.645. The van der Waals surface area contributed by atoms with Crippen LogP contribution in [0.1, 0.15) is 12.0 Å². The highest BCUT2D eigenvalue weighted by Gasteiger charge is 2.35. The average molecular weight is 270 g/mol. The smallest absolute Gasteiger partial charge is 0.310 e. The number of rotatable bonds is 5. The second-order valence-corrected chi connectivity index (χ2v) is 4.33. The standard InChI is InChI=1S/C12H12ClNO4/c13-9-3-1-8(2-4-9)6-17-12-10(14-7-15)5-11(16)18-12/h1-4,7,10,12H,5-6H2,(H,14,15). The monoisotopic (exact) mass is 269 g/mol. The Morgan fingerprint density at radius 2 is 2.17 bits per heavy atom. The average Bonchev–Trinajstić information content (AvgIpc) is 2.70. The summed E-state index contributed by atoms with van der Waals surface area (Å²) in [5.74, 6) is -0.379. The molecular formula is C12H12ClNO4. The molecule has 0 aliphatic carbocycles. The lowest BCUT2D eigenvalue weighted by Crippen LogP contribution is -2.37. The second kappa shape index (κ2) is 5.84. The topological polar surface area (TPSA) is 64.6 Å². The lowest BCUT2D eigenvalue weighted by molar-refractivity contribution is -0.167. The Morgan fingerprint density at radius 1 is 1.44 bits per heavy atom. The van der Waals surface area contributed by atoms with Crippen molar-refractivity contribution in [3.63, 3.8) is 0 Å². The van der Waals surface area contributed by atoms with Gasteiger partial charge in [0, 0.05) is 5.02 Å². The van der Waals surface area contributed by atoms with Crippen LogP contribution in [0.3, 0.4) is 0 Å². The van der Waals surface area contributed by atoms with E-state index in [-0.39, 0.29) is 19.0 Å². The molecule has 0 spiro atoms. The van der Waals surface area contributed by atoms with Crippen molar-refractivity contribution in [3.05, 3.63) is 34.9 Å². The molecule has 0 radical (unpaired) electrons. The van der Waals surface area contributed by atoms with Gasteiger partial charge in [-0.3, -0.25) is 9.59 Å². The van der Waals surface area contributed by atoms with Crippen LogP contribution in [0.4, 0.5) is 0 Å². The molecule has 18 heavy (non-hydrogen) atoms. The maximum Gasteiger partial charge on any atom is 0.310 e. The number of hydrogen-bond acceptors (Lipinski definition) is 4. The molecule has 1 aromatic rings. The number of carbonyl (C=O) groups is 2. The van der Waals surface area contributed by atoms with Crippen molar-refractivity contribution in [1.82, 2.24) is 5.32 Å². The van der Waals surface area contributed by atoms with E-state index < -0.39 is 12.3 Å². The molecule has 0 aromatic heterocycles. The summed E-state index contributed by atoms with van der Waals surface area (Å²) in [6, 6.07) is 6.72. The molecule has 1 aliphatic rings. The molecule has 96 valence electrons. The summed E-state index contributed by atoms with van der Waals surface area (Å²) < 4.78 is 10.4. The van der Waals surface area contributed by atoms with Gasteiger partial charge in [0.25, 0.3) is 0 Å². The maximum atomic E-state index is 11.1. The van der Waals surface area contributed by atoms with Gasteiger partial charge in [0.15, 0.2) is 0 Å². The zero-order chi connectivity index (χ0) is 13.0. The molecule has 1 heterocycles. The van der Waals surface area contributed by atoms with Crippen LogP contribution in [-0.4, -0.2) is 24.7 Å². The Balaban J connectivity index is 1.90. The molecule has 1 aromatic carbocycles. The molecule has 0 bridgehead atoms. The molecule has 2 rings (SSSR count). The zero-order valence-electron chi connectivity index (χ0n) is 9.47. The molecular weight excluding hydrogens is 258 g/mol. The van der Waals surface area contributed by atoms with Crippen LogP contribution in [-0.2, 0) is 25.7 Å². The van der Waals surface area contributed by atoms with Gasteiger partial charge in [-0.2, -0.15) is 0 Å². The third kappa shape index (κ3) is 3.21. The minimum atomic E-state index is -0.738. The Kier molecular flexibility index (Phi) is 4.17. The van der Waals surface area contributed by atoms with E-state index in [4.69, 9.17) is 21.1 Å². The lowest BCUT2D eigenvalue weighted by atomic mass is 10.2. The fourth-order valence-electron chi connectivity index (χ4n) is 1.67. The number of amides is 1. The van der Waals surface area contributed by atoms with Gasteiger partial charge >= 0.3 is 5.97 Å². The van der Waals surface area contributed by atoms with Crippen molar-refractivity contribution >= 4 is 24.0 Å². The number of halogens is 1. The van der Waals surface area contributed by atoms with E-state index in [1.165, 1.54) is 0 Å². The summed E-state index contributed by atoms with van der Waals surface area (Å²) in [6.07, 6.45) is -0.0756. The van der Waals surface area contributed by atoms with E-state index >= 15 is 0 Å². The van der Waals surface area contributed by atoms with Gasteiger partial charge in [0.05, 0.1) is 13.0 Å². The van der Waals surface area contributed by atoms with Crippen LogP contribution in [0.5, 0.6) is 0 Å². The van der Waals surface area contributed by atoms with Gasteiger partial charge in [-0.25, -0.2) is 0 Å². The number of nitrogens with one attached hydrogen (secondary N) is 1. The van der Waals surface area contributed by atoms with E-state index in [0.717, 1.165) is 5.56 Å². The van der Waals surface area contributed by atoms with Crippen LogP contribution in [0.2, 0.25) is 5.02 Å². The molecule has 1 aliphatic heterocycles. The first kappa shape index (κ1) is 12.9. The van der Waals surface area contributed by atoms with Crippen LogP contribution in [0.15, 0.2) is 24.3 Å². The largest absolute Gasteiger partial charge is 0.433 e. The highest BCUT2D eigenvalue weighted by Crippen LogP contribution is 2.18. The third-order valence-electron chi connectivity index (χ3n) is 2.57. The Hall–Kier alpha value is -1.59. The molecule has 1 amide bonds. The molecule has 5 nitrogen and oxygen atoms in total. The van der Waals surface area contributed by atoms with Crippen molar-refractivity contribution in [2.45, 2.75) is 25.4 Å². The number of cyclic esters (lactones) is 1. The highest BCUT2D eigenvalue weighted by atomic mass is 35.5. The molecule has 1 N–H and O–H groups in total. The Bertz CT molecular complexity index is 434. The lowest BCUT2D eigenvalue weighted by Gasteiger charge is -2.17. The van der Waals surface area contributed by atoms with Gasteiger partial charge < -0.3 is 14.8 Å². The van der Waals surface area contributed by atoms with Crippen LogP contribution in [0.25, 0.3) is 0 Å². The Labute approximate surface area is 109 Å².